The molecule has 4 heterocycles. The van der Waals surface area contributed by atoms with Crippen LogP contribution in [0.3, 0.4) is 0 Å². The van der Waals surface area contributed by atoms with Gasteiger partial charge in [-0.2, -0.15) is 15.1 Å². The van der Waals surface area contributed by atoms with Crippen molar-refractivity contribution in [2.24, 2.45) is 0 Å². The lowest BCUT2D eigenvalue weighted by molar-refractivity contribution is -0.126. The maximum atomic E-state index is 16.8. The largest absolute Gasteiger partial charge is 0.462 e. The Hall–Kier alpha value is -4.22. The van der Waals surface area contributed by atoms with Crippen LogP contribution in [0.15, 0.2) is 48.8 Å². The van der Waals surface area contributed by atoms with Crippen LogP contribution in [0.1, 0.15) is 18.4 Å². The fourth-order valence-corrected chi connectivity index (χ4v) is 6.36. The quantitative estimate of drug-likeness (QED) is 0.257. The Balaban J connectivity index is 1.36. The third-order valence-corrected chi connectivity index (χ3v) is 8.78. The van der Waals surface area contributed by atoms with Gasteiger partial charge in [0.25, 0.3) is 0 Å². The molecular formula is C33H38ClFN8O2. The highest BCUT2D eigenvalue weighted by Gasteiger charge is 2.27. The van der Waals surface area contributed by atoms with Crippen molar-refractivity contribution < 1.29 is 13.9 Å². The number of fused-ring (bicyclic) bond motifs is 2. The van der Waals surface area contributed by atoms with Gasteiger partial charge < -0.3 is 24.3 Å². The molecule has 4 aromatic rings. The Morgan fingerprint density at radius 1 is 1.16 bits per heavy atom. The molecule has 0 radical (unpaired) electrons. The number of likely N-dealkylation sites (tertiary alicyclic amines) is 1. The Morgan fingerprint density at radius 2 is 1.96 bits per heavy atom. The maximum absolute atomic E-state index is 16.8. The van der Waals surface area contributed by atoms with Gasteiger partial charge in [-0.05, 0) is 51.6 Å². The van der Waals surface area contributed by atoms with E-state index >= 15 is 4.39 Å². The first kappa shape index (κ1) is 30.8. The average Bonchev–Trinajstić information content (AvgIpc) is 3.67. The lowest BCUT2D eigenvalue weighted by atomic mass is 9.95. The second-order valence-corrected chi connectivity index (χ2v) is 12.3. The molecule has 6 rings (SSSR count). The van der Waals surface area contributed by atoms with Gasteiger partial charge in [0.15, 0.2) is 5.82 Å². The van der Waals surface area contributed by atoms with E-state index in [0.29, 0.717) is 62.6 Å². The summed E-state index contributed by atoms with van der Waals surface area (Å²) in [5.41, 5.74) is 3.79. The molecule has 0 unspecified atom stereocenters. The number of hydrogen-bond donors (Lipinski definition) is 1. The predicted octanol–water partition coefficient (Wildman–Crippen LogP) is 5.03. The minimum atomic E-state index is -0.546. The molecule has 1 N–H and O–H groups in total. The second kappa shape index (κ2) is 13.0. The van der Waals surface area contributed by atoms with Crippen molar-refractivity contribution in [1.82, 2.24) is 34.9 Å². The van der Waals surface area contributed by atoms with Gasteiger partial charge in [0.1, 0.15) is 17.9 Å². The molecule has 12 heteroatoms. The lowest BCUT2D eigenvalue weighted by Crippen LogP contribution is -2.48. The Bertz CT molecular complexity index is 1780. The maximum Gasteiger partial charge on any atom is 0.319 e. The molecule has 0 atom stereocenters. The molecule has 2 aliphatic heterocycles. The molecule has 236 valence electrons. The number of carbonyl (C=O) groups excluding carboxylic acids is 1. The molecule has 0 spiro atoms. The molecule has 2 fully saturated rings. The van der Waals surface area contributed by atoms with Crippen molar-refractivity contribution in [3.63, 3.8) is 0 Å². The van der Waals surface area contributed by atoms with Gasteiger partial charge in [-0.3, -0.25) is 9.89 Å². The second-order valence-electron chi connectivity index (χ2n) is 11.8. The predicted molar refractivity (Wildman–Crippen MR) is 176 cm³/mol. The highest BCUT2D eigenvalue weighted by atomic mass is 35.5. The van der Waals surface area contributed by atoms with E-state index in [-0.39, 0.29) is 28.0 Å². The molecular weight excluding hydrogens is 595 g/mol. The minimum Gasteiger partial charge on any atom is -0.462 e. The molecule has 2 aromatic carbocycles. The number of aryl methyl sites for hydroxylation is 1. The summed E-state index contributed by atoms with van der Waals surface area (Å²) in [4.78, 5) is 30.2. The number of H-pyrrole nitrogens is 1. The van der Waals surface area contributed by atoms with Crippen LogP contribution < -0.4 is 9.64 Å². The zero-order valence-electron chi connectivity index (χ0n) is 25.9. The van der Waals surface area contributed by atoms with Crippen LogP contribution in [0.2, 0.25) is 5.02 Å². The number of nitrogens with one attached hydrogen (secondary N) is 1. The number of benzene rings is 2. The summed E-state index contributed by atoms with van der Waals surface area (Å²) in [6.07, 6.45) is 7.22. The summed E-state index contributed by atoms with van der Waals surface area (Å²) < 4.78 is 22.8. The molecule has 0 aliphatic carbocycles. The highest BCUT2D eigenvalue weighted by Crippen LogP contribution is 2.42. The smallest absolute Gasteiger partial charge is 0.319 e. The lowest BCUT2D eigenvalue weighted by Gasteiger charge is -2.35. The van der Waals surface area contributed by atoms with Crippen LogP contribution in [0.5, 0.6) is 6.01 Å². The number of anilines is 1. The zero-order chi connectivity index (χ0) is 31.7. The number of nitrogens with zero attached hydrogens (tertiary/aromatic N) is 7. The number of likely N-dealkylation sites (N-methyl/N-ethyl adjacent to an activating group) is 1. The van der Waals surface area contributed by atoms with Crippen LogP contribution in [0.25, 0.3) is 32.9 Å². The van der Waals surface area contributed by atoms with E-state index < -0.39 is 5.82 Å². The first-order valence-electron chi connectivity index (χ1n) is 15.2. The number of carbonyl (C=O) groups is 1. The van der Waals surface area contributed by atoms with E-state index in [2.05, 4.69) is 26.7 Å². The molecule has 2 aliphatic rings. The van der Waals surface area contributed by atoms with E-state index in [0.717, 1.165) is 41.5 Å². The molecule has 1 amide bonds. The standard InChI is InChI=1S/C33H38ClFN8O2/c1-21-9-10-26-24(20-36-39-26)28(21)29-25(34)19-23-31(30(29)35)37-33(45-18-17-41-12-5-7-22(41)2)38-32(23)43-15-13-42(14-16-43)27(44)8-6-11-40(3)4/h6,8-10,19-20H,2,5,7,11-18H2,1,3-4H3,(H,36,39)/b8-6+. The van der Waals surface area contributed by atoms with Gasteiger partial charge in [0.2, 0.25) is 5.91 Å². The summed E-state index contributed by atoms with van der Waals surface area (Å²) in [5, 5.41) is 8.64. The summed E-state index contributed by atoms with van der Waals surface area (Å²) in [6, 6.07) is 5.66. The third-order valence-electron chi connectivity index (χ3n) is 8.48. The number of aromatic nitrogens is 4. The van der Waals surface area contributed by atoms with Gasteiger partial charge in [0, 0.05) is 72.9 Å². The first-order chi connectivity index (χ1) is 21.7. The summed E-state index contributed by atoms with van der Waals surface area (Å²) >= 11 is 6.88. The van der Waals surface area contributed by atoms with Gasteiger partial charge in [-0.1, -0.05) is 30.3 Å². The van der Waals surface area contributed by atoms with Crippen molar-refractivity contribution in [1.29, 1.82) is 0 Å². The van der Waals surface area contributed by atoms with Gasteiger partial charge in [-0.15, -0.1) is 0 Å². The number of amides is 1. The normalized spacial score (nSPS) is 15.9. The number of piperazine rings is 1. The van der Waals surface area contributed by atoms with Crippen LogP contribution in [-0.2, 0) is 4.79 Å². The fourth-order valence-electron chi connectivity index (χ4n) is 6.07. The first-order valence-corrected chi connectivity index (χ1v) is 15.6. The van der Waals surface area contributed by atoms with Gasteiger partial charge in [0.05, 0.1) is 23.3 Å². The van der Waals surface area contributed by atoms with Crippen LogP contribution in [0, 0.1) is 12.7 Å². The monoisotopic (exact) mass is 632 g/mol. The fraction of sp³-hybridized carbons (Fsp3) is 0.394. The van der Waals surface area contributed by atoms with Gasteiger partial charge >= 0.3 is 6.01 Å². The van der Waals surface area contributed by atoms with E-state index in [1.807, 2.05) is 53.9 Å². The number of halogens is 2. The number of ether oxygens (including phenoxy) is 1. The zero-order valence-corrected chi connectivity index (χ0v) is 26.7. The van der Waals surface area contributed by atoms with Crippen LogP contribution in [-0.4, -0.2) is 107 Å². The summed E-state index contributed by atoms with van der Waals surface area (Å²) in [5.74, 6) is -0.0453. The van der Waals surface area contributed by atoms with E-state index in [9.17, 15) is 4.79 Å². The SMILES string of the molecule is C=C1CCCN1CCOc1nc(N2CCN(C(=O)/C=C/CN(C)C)CC2)c2cc(Cl)c(-c3c(C)ccc4[nH]ncc34)c(F)c2n1. The van der Waals surface area contributed by atoms with Crippen molar-refractivity contribution in [3.8, 4) is 17.1 Å². The number of hydrogen-bond acceptors (Lipinski definition) is 8. The third kappa shape index (κ3) is 6.32. The van der Waals surface area contributed by atoms with Crippen molar-refractivity contribution in [2.75, 3.05) is 71.4 Å². The van der Waals surface area contributed by atoms with Gasteiger partial charge in [-0.25, -0.2) is 4.39 Å². The van der Waals surface area contributed by atoms with Crippen molar-refractivity contribution in [3.05, 3.63) is 65.2 Å². The summed E-state index contributed by atoms with van der Waals surface area (Å²) in [7, 11) is 3.91. The molecule has 2 saturated heterocycles. The Kier molecular flexibility index (Phi) is 8.91. The average molecular weight is 633 g/mol. The van der Waals surface area contributed by atoms with E-state index in [1.165, 1.54) is 0 Å². The number of aromatic amines is 1. The number of allylic oxidation sites excluding steroid dienone is 1. The molecule has 2 aromatic heterocycles. The van der Waals surface area contributed by atoms with Crippen LogP contribution in [0.4, 0.5) is 10.2 Å². The Labute approximate surface area is 267 Å². The molecule has 0 saturated carbocycles. The number of rotatable bonds is 9. The minimum absolute atomic E-state index is 0.0286. The topological polar surface area (TPSA) is 93.7 Å². The molecule has 0 bridgehead atoms. The van der Waals surface area contributed by atoms with Crippen LogP contribution >= 0.6 is 11.6 Å². The van der Waals surface area contributed by atoms with E-state index in [4.69, 9.17) is 21.3 Å². The molecule has 45 heavy (non-hydrogen) atoms. The molecule has 10 nitrogen and oxygen atoms in total. The van der Waals surface area contributed by atoms with Crippen molar-refractivity contribution >= 4 is 45.1 Å². The van der Waals surface area contributed by atoms with E-state index in [1.54, 1.807) is 18.3 Å². The highest BCUT2D eigenvalue weighted by molar-refractivity contribution is 6.35. The van der Waals surface area contributed by atoms with Crippen molar-refractivity contribution in [2.45, 2.75) is 19.8 Å². The Morgan fingerprint density at radius 3 is 2.69 bits per heavy atom. The summed E-state index contributed by atoms with van der Waals surface area (Å²) in [6.45, 7) is 10.7.